The summed E-state index contributed by atoms with van der Waals surface area (Å²) in [6.07, 6.45) is 0. The van der Waals surface area contributed by atoms with Gasteiger partial charge in [0, 0.05) is 18.1 Å². The number of hydrogen-bond acceptors (Lipinski definition) is 2. The lowest BCUT2D eigenvalue weighted by Crippen LogP contribution is -2.13. The van der Waals surface area contributed by atoms with Crippen molar-refractivity contribution in [3.05, 3.63) is 63.1 Å². The maximum absolute atomic E-state index is 6.12. The molecule has 2 rings (SSSR count). The minimum absolute atomic E-state index is 0. The van der Waals surface area contributed by atoms with Gasteiger partial charge >= 0.3 is 0 Å². The highest BCUT2D eigenvalue weighted by Crippen LogP contribution is 2.26. The number of benzene rings is 2. The van der Waals surface area contributed by atoms with Crippen LogP contribution in [0.15, 0.2) is 46.9 Å². The van der Waals surface area contributed by atoms with Gasteiger partial charge < -0.3 is 10.1 Å². The molecule has 0 spiro atoms. The molecule has 0 heterocycles. The fourth-order valence-electron chi connectivity index (χ4n) is 1.91. The van der Waals surface area contributed by atoms with E-state index >= 15 is 0 Å². The van der Waals surface area contributed by atoms with Crippen molar-refractivity contribution in [3.8, 4) is 5.75 Å². The van der Waals surface area contributed by atoms with Crippen LogP contribution in [0.2, 0.25) is 5.02 Å². The molecule has 0 saturated carbocycles. The zero-order valence-corrected chi connectivity index (χ0v) is 14.9. The van der Waals surface area contributed by atoms with Gasteiger partial charge in [-0.05, 0) is 52.2 Å². The Morgan fingerprint density at radius 1 is 1.14 bits per heavy atom. The van der Waals surface area contributed by atoms with E-state index in [-0.39, 0.29) is 12.4 Å². The van der Waals surface area contributed by atoms with Crippen molar-refractivity contribution in [2.45, 2.75) is 20.0 Å². The Kier molecular flexibility index (Phi) is 8.12. The van der Waals surface area contributed by atoms with E-state index in [1.54, 1.807) is 0 Å². The number of rotatable bonds is 6. The first-order valence-electron chi connectivity index (χ1n) is 6.56. The monoisotopic (exact) mass is 389 g/mol. The molecule has 0 bridgehead atoms. The van der Waals surface area contributed by atoms with E-state index in [4.69, 9.17) is 16.3 Å². The Balaban J connectivity index is 0.00000220. The van der Waals surface area contributed by atoms with Crippen molar-refractivity contribution in [1.29, 1.82) is 0 Å². The molecule has 1 N–H and O–H groups in total. The van der Waals surface area contributed by atoms with Crippen molar-refractivity contribution >= 4 is 39.9 Å². The van der Waals surface area contributed by atoms with Crippen molar-refractivity contribution < 1.29 is 4.74 Å². The van der Waals surface area contributed by atoms with Gasteiger partial charge in [-0.15, -0.1) is 12.4 Å². The number of ether oxygens (including phenoxy) is 1. The van der Waals surface area contributed by atoms with E-state index in [1.165, 1.54) is 5.56 Å². The highest BCUT2D eigenvalue weighted by molar-refractivity contribution is 9.10. The van der Waals surface area contributed by atoms with Crippen LogP contribution in [-0.2, 0) is 13.1 Å². The van der Waals surface area contributed by atoms with Crippen LogP contribution in [-0.4, -0.2) is 6.61 Å². The van der Waals surface area contributed by atoms with Crippen LogP contribution >= 0.6 is 39.9 Å². The molecule has 2 aromatic carbocycles. The average Bonchev–Trinajstić information content (AvgIpc) is 2.44. The number of halogens is 3. The fourth-order valence-corrected chi connectivity index (χ4v) is 2.65. The minimum atomic E-state index is 0. The van der Waals surface area contributed by atoms with Gasteiger partial charge in [-0.25, -0.2) is 0 Å². The Labute approximate surface area is 145 Å². The molecule has 0 aliphatic carbocycles. The Morgan fingerprint density at radius 2 is 1.90 bits per heavy atom. The van der Waals surface area contributed by atoms with Crippen LogP contribution in [0.25, 0.3) is 0 Å². The van der Waals surface area contributed by atoms with Crippen molar-refractivity contribution in [1.82, 2.24) is 5.32 Å². The summed E-state index contributed by atoms with van der Waals surface area (Å²) >= 11 is 9.65. The van der Waals surface area contributed by atoms with Gasteiger partial charge in [0.25, 0.3) is 0 Å². The zero-order valence-electron chi connectivity index (χ0n) is 11.7. The summed E-state index contributed by atoms with van der Waals surface area (Å²) < 4.78 is 6.48. The maximum Gasteiger partial charge on any atom is 0.133 e. The standard InChI is InChI=1S/C16H17BrClNO.ClH/c1-2-20-16-8-7-12(9-14(16)17)10-19-11-13-5-3-4-6-15(13)18;/h3-9,19H,2,10-11H2,1H3;1H. The molecule has 0 aliphatic heterocycles. The molecule has 114 valence electrons. The topological polar surface area (TPSA) is 21.3 Å². The molecule has 0 fully saturated rings. The minimum Gasteiger partial charge on any atom is -0.493 e. The van der Waals surface area contributed by atoms with Gasteiger partial charge in [0.15, 0.2) is 0 Å². The first-order chi connectivity index (χ1) is 9.70. The third-order valence-electron chi connectivity index (χ3n) is 2.90. The van der Waals surface area contributed by atoms with Gasteiger partial charge in [-0.2, -0.15) is 0 Å². The van der Waals surface area contributed by atoms with Crippen LogP contribution in [0.5, 0.6) is 5.75 Å². The smallest absolute Gasteiger partial charge is 0.133 e. The summed E-state index contributed by atoms with van der Waals surface area (Å²) in [7, 11) is 0. The molecule has 0 saturated heterocycles. The number of hydrogen-bond donors (Lipinski definition) is 1. The molecule has 0 aromatic heterocycles. The highest BCUT2D eigenvalue weighted by Gasteiger charge is 2.03. The van der Waals surface area contributed by atoms with Crippen LogP contribution in [0.3, 0.4) is 0 Å². The van der Waals surface area contributed by atoms with E-state index in [1.807, 2.05) is 37.3 Å². The third-order valence-corrected chi connectivity index (χ3v) is 3.89. The SMILES string of the molecule is CCOc1ccc(CNCc2ccccc2Cl)cc1Br.Cl. The van der Waals surface area contributed by atoms with Gasteiger partial charge in [-0.3, -0.25) is 0 Å². The second-order valence-electron chi connectivity index (χ2n) is 4.39. The summed E-state index contributed by atoms with van der Waals surface area (Å²) in [5.41, 5.74) is 2.31. The average molecular weight is 391 g/mol. The summed E-state index contributed by atoms with van der Waals surface area (Å²) in [6, 6.07) is 14.0. The van der Waals surface area contributed by atoms with Gasteiger partial charge in [0.2, 0.25) is 0 Å². The zero-order chi connectivity index (χ0) is 14.4. The fraction of sp³-hybridized carbons (Fsp3) is 0.250. The third kappa shape index (κ3) is 5.51. The Morgan fingerprint density at radius 3 is 2.57 bits per heavy atom. The normalized spacial score (nSPS) is 10.0. The number of nitrogens with one attached hydrogen (secondary N) is 1. The van der Waals surface area contributed by atoms with Crippen LogP contribution in [0, 0.1) is 0 Å². The summed E-state index contributed by atoms with van der Waals surface area (Å²) in [6.45, 7) is 4.19. The predicted molar refractivity (Wildman–Crippen MR) is 94.6 cm³/mol. The van der Waals surface area contributed by atoms with Gasteiger partial charge in [0.05, 0.1) is 11.1 Å². The first-order valence-corrected chi connectivity index (χ1v) is 7.73. The molecule has 0 aliphatic rings. The maximum atomic E-state index is 6.12. The highest BCUT2D eigenvalue weighted by atomic mass is 79.9. The molecule has 21 heavy (non-hydrogen) atoms. The molecule has 0 amide bonds. The second-order valence-corrected chi connectivity index (χ2v) is 5.65. The van der Waals surface area contributed by atoms with Crippen LogP contribution in [0.1, 0.15) is 18.1 Å². The largest absolute Gasteiger partial charge is 0.493 e. The Bertz CT molecular complexity index is 578. The molecule has 0 radical (unpaired) electrons. The lowest BCUT2D eigenvalue weighted by Gasteiger charge is -2.09. The van der Waals surface area contributed by atoms with Crippen molar-refractivity contribution in [2.75, 3.05) is 6.61 Å². The lowest BCUT2D eigenvalue weighted by atomic mass is 10.2. The molecule has 2 nitrogen and oxygen atoms in total. The van der Waals surface area contributed by atoms with E-state index in [0.29, 0.717) is 6.61 Å². The van der Waals surface area contributed by atoms with E-state index < -0.39 is 0 Å². The molecule has 5 heteroatoms. The van der Waals surface area contributed by atoms with Crippen LogP contribution < -0.4 is 10.1 Å². The summed E-state index contributed by atoms with van der Waals surface area (Å²) in [5, 5.41) is 4.19. The molecule has 2 aromatic rings. The van der Waals surface area contributed by atoms with E-state index in [9.17, 15) is 0 Å². The molecule has 0 atom stereocenters. The summed E-state index contributed by atoms with van der Waals surface area (Å²) in [4.78, 5) is 0. The molecule has 0 unspecified atom stereocenters. The molecular formula is C16H18BrCl2NO. The second kappa shape index (κ2) is 9.31. The van der Waals surface area contributed by atoms with Crippen LogP contribution in [0.4, 0.5) is 0 Å². The van der Waals surface area contributed by atoms with Gasteiger partial charge in [-0.1, -0.05) is 35.9 Å². The quantitative estimate of drug-likeness (QED) is 0.730. The first kappa shape index (κ1) is 18.3. The van der Waals surface area contributed by atoms with E-state index in [0.717, 1.165) is 33.9 Å². The van der Waals surface area contributed by atoms with E-state index in [2.05, 4.69) is 33.4 Å². The van der Waals surface area contributed by atoms with Crippen molar-refractivity contribution in [3.63, 3.8) is 0 Å². The molecular weight excluding hydrogens is 373 g/mol. The Hall–Kier alpha value is -0.740. The lowest BCUT2D eigenvalue weighted by molar-refractivity contribution is 0.338. The predicted octanol–water partition coefficient (Wildman–Crippen LogP) is 5.21. The van der Waals surface area contributed by atoms with Gasteiger partial charge in [0.1, 0.15) is 5.75 Å². The van der Waals surface area contributed by atoms with Crippen molar-refractivity contribution in [2.24, 2.45) is 0 Å². The summed E-state index contributed by atoms with van der Waals surface area (Å²) in [5.74, 6) is 0.877.